The lowest BCUT2D eigenvalue weighted by atomic mass is 10.1. The monoisotopic (exact) mass is 310 g/mol. The van der Waals surface area contributed by atoms with Gasteiger partial charge in [-0.1, -0.05) is 11.6 Å². The Bertz CT molecular complexity index is 559. The van der Waals surface area contributed by atoms with Crippen LogP contribution in [0, 0.1) is 5.92 Å². The molecular formula is C14H15ClN2O4. The van der Waals surface area contributed by atoms with Crippen molar-refractivity contribution in [2.45, 2.75) is 6.42 Å². The summed E-state index contributed by atoms with van der Waals surface area (Å²) < 4.78 is 4.44. The maximum absolute atomic E-state index is 12.0. The zero-order chi connectivity index (χ0) is 15.4. The van der Waals surface area contributed by atoms with Crippen LogP contribution in [0.1, 0.15) is 6.42 Å². The number of halogens is 1. The van der Waals surface area contributed by atoms with Crippen LogP contribution < -0.4 is 10.2 Å². The number of methoxy groups -OCH3 is 1. The molecule has 112 valence electrons. The summed E-state index contributed by atoms with van der Waals surface area (Å²) in [4.78, 5) is 36.4. The predicted octanol–water partition coefficient (Wildman–Crippen LogP) is 0.982. The molecule has 1 saturated heterocycles. The van der Waals surface area contributed by atoms with E-state index in [1.165, 1.54) is 7.11 Å². The fourth-order valence-electron chi connectivity index (χ4n) is 2.13. The average molecular weight is 311 g/mol. The Labute approximate surface area is 127 Å². The van der Waals surface area contributed by atoms with Gasteiger partial charge in [0.25, 0.3) is 0 Å². The van der Waals surface area contributed by atoms with Crippen LogP contribution in [0.5, 0.6) is 0 Å². The van der Waals surface area contributed by atoms with Crippen molar-refractivity contribution in [3.05, 3.63) is 29.3 Å². The number of carbonyl (C=O) groups excluding carboxylic acids is 3. The molecule has 1 N–H and O–H groups in total. The molecule has 0 radical (unpaired) electrons. The van der Waals surface area contributed by atoms with Crippen LogP contribution in [0.4, 0.5) is 5.69 Å². The molecule has 0 aliphatic carbocycles. The van der Waals surface area contributed by atoms with Gasteiger partial charge in [-0.05, 0) is 24.3 Å². The molecule has 1 fully saturated rings. The van der Waals surface area contributed by atoms with E-state index in [0.717, 1.165) is 0 Å². The summed E-state index contributed by atoms with van der Waals surface area (Å²) in [5.41, 5.74) is 0.702. The van der Waals surface area contributed by atoms with Crippen LogP contribution in [-0.4, -0.2) is 38.0 Å². The van der Waals surface area contributed by atoms with Crippen molar-refractivity contribution >= 4 is 35.1 Å². The van der Waals surface area contributed by atoms with Gasteiger partial charge < -0.3 is 15.0 Å². The number of ether oxygens (including phenoxy) is 1. The van der Waals surface area contributed by atoms with Crippen LogP contribution >= 0.6 is 11.6 Å². The molecule has 7 heteroatoms. The van der Waals surface area contributed by atoms with Gasteiger partial charge in [0.2, 0.25) is 11.8 Å². The molecule has 0 spiro atoms. The molecule has 6 nitrogen and oxygen atoms in total. The van der Waals surface area contributed by atoms with Crippen molar-refractivity contribution in [2.75, 3.05) is 25.1 Å². The Morgan fingerprint density at radius 1 is 1.38 bits per heavy atom. The molecule has 1 heterocycles. The van der Waals surface area contributed by atoms with Crippen molar-refractivity contribution in [3.63, 3.8) is 0 Å². The molecule has 1 aromatic rings. The zero-order valence-electron chi connectivity index (χ0n) is 11.5. The van der Waals surface area contributed by atoms with Crippen molar-refractivity contribution in [1.29, 1.82) is 0 Å². The smallest absolute Gasteiger partial charge is 0.325 e. The lowest BCUT2D eigenvalue weighted by Crippen LogP contribution is -2.36. The van der Waals surface area contributed by atoms with Gasteiger partial charge >= 0.3 is 5.97 Å². The number of nitrogens with one attached hydrogen (secondary N) is 1. The molecular weight excluding hydrogens is 296 g/mol. The van der Waals surface area contributed by atoms with E-state index in [-0.39, 0.29) is 31.3 Å². The number of rotatable bonds is 4. The van der Waals surface area contributed by atoms with Crippen molar-refractivity contribution in [3.8, 4) is 0 Å². The number of esters is 1. The van der Waals surface area contributed by atoms with Crippen LogP contribution in [0.2, 0.25) is 5.02 Å². The normalized spacial score (nSPS) is 17.7. The summed E-state index contributed by atoms with van der Waals surface area (Å²) in [6.07, 6.45) is 0.121. The molecule has 0 saturated carbocycles. The first-order valence-electron chi connectivity index (χ1n) is 6.41. The number of amides is 2. The van der Waals surface area contributed by atoms with E-state index in [1.54, 1.807) is 29.2 Å². The number of anilines is 1. The predicted molar refractivity (Wildman–Crippen MR) is 76.9 cm³/mol. The van der Waals surface area contributed by atoms with E-state index >= 15 is 0 Å². The van der Waals surface area contributed by atoms with Gasteiger partial charge in [-0.25, -0.2) is 0 Å². The molecule has 0 bridgehead atoms. The van der Waals surface area contributed by atoms with E-state index < -0.39 is 11.9 Å². The molecule has 1 aliphatic heterocycles. The number of nitrogens with zero attached hydrogens (tertiary/aromatic N) is 1. The van der Waals surface area contributed by atoms with E-state index in [9.17, 15) is 14.4 Å². The zero-order valence-corrected chi connectivity index (χ0v) is 12.2. The first-order chi connectivity index (χ1) is 10.0. The lowest BCUT2D eigenvalue weighted by Gasteiger charge is -2.16. The second-order valence-corrected chi connectivity index (χ2v) is 5.11. The molecule has 2 rings (SSSR count). The Kier molecular flexibility index (Phi) is 4.80. The second kappa shape index (κ2) is 6.58. The standard InChI is InChI=1S/C14H15ClN2O4/c1-21-13(19)7-16-14(20)9-6-12(18)17(8-9)11-4-2-10(15)3-5-11/h2-5,9H,6-8H2,1H3,(H,16,20). The fourth-order valence-corrected chi connectivity index (χ4v) is 2.26. The van der Waals surface area contributed by atoms with Crippen LogP contribution in [-0.2, 0) is 19.1 Å². The first-order valence-corrected chi connectivity index (χ1v) is 6.79. The van der Waals surface area contributed by atoms with Crippen molar-refractivity contribution in [2.24, 2.45) is 5.92 Å². The summed E-state index contributed by atoms with van der Waals surface area (Å²) in [6, 6.07) is 6.84. The molecule has 0 aromatic heterocycles. The average Bonchev–Trinajstić information content (AvgIpc) is 2.87. The SMILES string of the molecule is COC(=O)CNC(=O)C1CC(=O)N(c2ccc(Cl)cc2)C1. The third-order valence-electron chi connectivity index (χ3n) is 3.27. The van der Waals surface area contributed by atoms with Gasteiger partial charge in [0.15, 0.2) is 0 Å². The highest BCUT2D eigenvalue weighted by atomic mass is 35.5. The van der Waals surface area contributed by atoms with Crippen LogP contribution in [0.15, 0.2) is 24.3 Å². The Morgan fingerprint density at radius 2 is 2.05 bits per heavy atom. The number of carbonyl (C=O) groups is 3. The number of benzene rings is 1. The Balaban J connectivity index is 1.97. The van der Waals surface area contributed by atoms with E-state index in [1.807, 2.05) is 0 Å². The maximum atomic E-state index is 12.0. The lowest BCUT2D eigenvalue weighted by molar-refractivity contribution is -0.141. The van der Waals surface area contributed by atoms with Gasteiger partial charge in [-0.2, -0.15) is 0 Å². The van der Waals surface area contributed by atoms with Gasteiger partial charge in [-0.3, -0.25) is 14.4 Å². The van der Waals surface area contributed by atoms with Crippen molar-refractivity contribution < 1.29 is 19.1 Å². The summed E-state index contributed by atoms with van der Waals surface area (Å²) in [5.74, 6) is -1.46. The van der Waals surface area contributed by atoms with Gasteiger partial charge in [0, 0.05) is 23.7 Å². The third kappa shape index (κ3) is 3.72. The van der Waals surface area contributed by atoms with Gasteiger partial charge in [-0.15, -0.1) is 0 Å². The van der Waals surface area contributed by atoms with Crippen molar-refractivity contribution in [1.82, 2.24) is 5.32 Å². The van der Waals surface area contributed by atoms with Gasteiger partial charge in [0.1, 0.15) is 6.54 Å². The topological polar surface area (TPSA) is 75.7 Å². The Morgan fingerprint density at radius 3 is 2.67 bits per heavy atom. The summed E-state index contributed by atoms with van der Waals surface area (Å²) >= 11 is 5.81. The Hall–Kier alpha value is -2.08. The molecule has 21 heavy (non-hydrogen) atoms. The van der Waals surface area contributed by atoms with Gasteiger partial charge in [0.05, 0.1) is 13.0 Å². The highest BCUT2D eigenvalue weighted by Gasteiger charge is 2.35. The fraction of sp³-hybridized carbons (Fsp3) is 0.357. The minimum atomic E-state index is -0.526. The van der Waals surface area contributed by atoms with Crippen LogP contribution in [0.25, 0.3) is 0 Å². The van der Waals surface area contributed by atoms with E-state index in [4.69, 9.17) is 11.6 Å². The molecule has 1 atom stereocenters. The third-order valence-corrected chi connectivity index (χ3v) is 3.52. The van der Waals surface area contributed by atoms with Crippen LogP contribution in [0.3, 0.4) is 0 Å². The molecule has 2 amide bonds. The highest BCUT2D eigenvalue weighted by molar-refractivity contribution is 6.30. The minimum Gasteiger partial charge on any atom is -0.468 e. The number of hydrogen-bond acceptors (Lipinski definition) is 4. The largest absolute Gasteiger partial charge is 0.468 e. The molecule has 1 unspecified atom stereocenters. The summed E-state index contributed by atoms with van der Waals surface area (Å²) in [5, 5.41) is 3.04. The number of hydrogen-bond donors (Lipinski definition) is 1. The quantitative estimate of drug-likeness (QED) is 0.841. The summed E-state index contributed by atoms with van der Waals surface area (Å²) in [7, 11) is 1.25. The molecule has 1 aliphatic rings. The first kappa shape index (κ1) is 15.3. The van der Waals surface area contributed by atoms with E-state index in [2.05, 4.69) is 10.1 Å². The minimum absolute atomic E-state index is 0.121. The molecule has 1 aromatic carbocycles. The highest BCUT2D eigenvalue weighted by Crippen LogP contribution is 2.26. The maximum Gasteiger partial charge on any atom is 0.325 e. The second-order valence-electron chi connectivity index (χ2n) is 4.68. The summed E-state index contributed by atoms with van der Waals surface area (Å²) in [6.45, 7) is 0.0917. The van der Waals surface area contributed by atoms with E-state index in [0.29, 0.717) is 10.7 Å².